The van der Waals surface area contributed by atoms with Crippen LogP contribution in [0.25, 0.3) is 0 Å². The third-order valence-electron chi connectivity index (χ3n) is 9.36. The Bertz CT molecular complexity index is 891. The van der Waals surface area contributed by atoms with E-state index >= 15 is 0 Å². The maximum absolute atomic E-state index is 12.4. The van der Waals surface area contributed by atoms with Crippen molar-refractivity contribution < 1.29 is 14.3 Å². The lowest BCUT2D eigenvalue weighted by Gasteiger charge is -2.46. The second-order valence-corrected chi connectivity index (χ2v) is 11.2. The van der Waals surface area contributed by atoms with E-state index in [0.29, 0.717) is 19.1 Å². The molecule has 178 valence electrons. The molecular formula is C29H39NO3. The van der Waals surface area contributed by atoms with Crippen LogP contribution in [0.3, 0.4) is 0 Å². The Morgan fingerprint density at radius 2 is 1.64 bits per heavy atom. The number of hydrogen-bond acceptors (Lipinski definition) is 4. The first-order chi connectivity index (χ1) is 16.3. The summed E-state index contributed by atoms with van der Waals surface area (Å²) in [6.45, 7) is 4.11. The van der Waals surface area contributed by atoms with Crippen molar-refractivity contribution >= 4 is 5.97 Å². The molecule has 1 saturated heterocycles. The van der Waals surface area contributed by atoms with E-state index in [1.165, 1.54) is 51.4 Å². The lowest BCUT2D eigenvalue weighted by Crippen LogP contribution is -2.40. The van der Waals surface area contributed by atoms with Gasteiger partial charge >= 0.3 is 5.97 Å². The zero-order chi connectivity index (χ0) is 22.2. The van der Waals surface area contributed by atoms with Gasteiger partial charge in [-0.3, -0.25) is 9.69 Å². The first-order valence-corrected chi connectivity index (χ1v) is 13.5. The largest absolute Gasteiger partial charge is 0.464 e. The van der Waals surface area contributed by atoms with Crippen LogP contribution < -0.4 is 0 Å². The third-order valence-corrected chi connectivity index (χ3v) is 9.36. The maximum atomic E-state index is 12.4. The zero-order valence-electron chi connectivity index (χ0n) is 20.0. The molecule has 1 aliphatic heterocycles. The number of nitrogens with zero attached hydrogens (tertiary/aromatic N) is 1. The summed E-state index contributed by atoms with van der Waals surface area (Å²) in [7, 11) is 0. The number of ether oxygens (including phenoxy) is 2. The van der Waals surface area contributed by atoms with Crippen LogP contribution in [0.5, 0.6) is 0 Å². The van der Waals surface area contributed by atoms with Crippen LogP contribution in [0.4, 0.5) is 0 Å². The summed E-state index contributed by atoms with van der Waals surface area (Å²) in [6.07, 6.45) is 21.5. The number of fused-ring (bicyclic) bond motifs is 5. The average molecular weight is 450 g/mol. The second-order valence-electron chi connectivity index (χ2n) is 11.2. The summed E-state index contributed by atoms with van der Waals surface area (Å²) in [6, 6.07) is 0. The van der Waals surface area contributed by atoms with E-state index in [-0.39, 0.29) is 5.97 Å². The molecule has 0 aromatic carbocycles. The Kier molecular flexibility index (Phi) is 6.32. The molecule has 5 atom stereocenters. The molecule has 1 heterocycles. The molecule has 0 aromatic heterocycles. The highest BCUT2D eigenvalue weighted by Gasteiger charge is 2.41. The second kappa shape index (κ2) is 9.54. The summed E-state index contributed by atoms with van der Waals surface area (Å²) >= 11 is 0. The van der Waals surface area contributed by atoms with E-state index in [9.17, 15) is 4.79 Å². The highest BCUT2D eigenvalue weighted by atomic mass is 16.5. The number of hydrogen-bond donors (Lipinski definition) is 0. The van der Waals surface area contributed by atoms with E-state index in [2.05, 4.69) is 29.2 Å². The zero-order valence-corrected chi connectivity index (χ0v) is 20.0. The maximum Gasteiger partial charge on any atom is 0.320 e. The predicted molar refractivity (Wildman–Crippen MR) is 130 cm³/mol. The smallest absolute Gasteiger partial charge is 0.320 e. The molecule has 2 fully saturated rings. The van der Waals surface area contributed by atoms with E-state index in [1.54, 1.807) is 22.3 Å². The van der Waals surface area contributed by atoms with Crippen molar-refractivity contribution in [3.63, 3.8) is 0 Å². The highest BCUT2D eigenvalue weighted by molar-refractivity contribution is 5.71. The minimum Gasteiger partial charge on any atom is -0.464 e. The standard InChI is InChI=1S/C29H39NO3/c31-29(18-30-13-15-32-16-14-30)33-19-20-5-6-22-8-10-26-25-9-7-21-3-1-2-4-23(21)24(25)11-12-27(26)28(22)17-20/h2,4,11-12,20-22,25-26H,1,3,5-10,13-19H2. The van der Waals surface area contributed by atoms with E-state index in [1.807, 2.05) is 0 Å². The summed E-state index contributed by atoms with van der Waals surface area (Å²) < 4.78 is 11.1. The number of esters is 1. The average Bonchev–Trinajstić information content (AvgIpc) is 2.87. The molecule has 4 nitrogen and oxygen atoms in total. The Hall–Kier alpha value is -1.65. The quantitative estimate of drug-likeness (QED) is 0.551. The molecule has 5 aliphatic carbocycles. The van der Waals surface area contributed by atoms with Gasteiger partial charge in [0.25, 0.3) is 0 Å². The van der Waals surface area contributed by atoms with Gasteiger partial charge in [0.15, 0.2) is 0 Å². The van der Waals surface area contributed by atoms with Crippen LogP contribution in [-0.2, 0) is 14.3 Å². The molecule has 6 rings (SSSR count). The Morgan fingerprint density at radius 1 is 0.879 bits per heavy atom. The monoisotopic (exact) mass is 449 g/mol. The van der Waals surface area contributed by atoms with Crippen molar-refractivity contribution in [2.45, 2.75) is 57.8 Å². The lowest BCUT2D eigenvalue weighted by molar-refractivity contribution is -0.147. The van der Waals surface area contributed by atoms with Crippen molar-refractivity contribution in [2.24, 2.45) is 29.6 Å². The van der Waals surface area contributed by atoms with Crippen molar-refractivity contribution in [1.29, 1.82) is 0 Å². The Balaban J connectivity index is 1.15. The van der Waals surface area contributed by atoms with Crippen molar-refractivity contribution in [3.8, 4) is 0 Å². The number of morpholine rings is 1. The number of carbonyl (C=O) groups is 1. The molecule has 6 aliphatic rings. The minimum atomic E-state index is -0.0654. The van der Waals surface area contributed by atoms with Crippen LogP contribution in [0.2, 0.25) is 0 Å². The van der Waals surface area contributed by atoms with Gasteiger partial charge in [-0.1, -0.05) is 29.9 Å². The summed E-state index contributed by atoms with van der Waals surface area (Å²) in [5, 5.41) is 0. The third kappa shape index (κ3) is 4.41. The minimum absolute atomic E-state index is 0.0654. The van der Waals surface area contributed by atoms with E-state index in [4.69, 9.17) is 9.47 Å². The van der Waals surface area contributed by atoms with Gasteiger partial charge in [-0.05, 0) is 104 Å². The van der Waals surface area contributed by atoms with Crippen molar-refractivity contribution in [2.75, 3.05) is 39.5 Å². The van der Waals surface area contributed by atoms with Crippen molar-refractivity contribution in [3.05, 3.63) is 46.6 Å². The Labute approximate surface area is 198 Å². The Morgan fingerprint density at radius 3 is 2.52 bits per heavy atom. The van der Waals surface area contributed by atoms with E-state index in [0.717, 1.165) is 56.4 Å². The molecule has 1 saturated carbocycles. The summed E-state index contributed by atoms with van der Waals surface area (Å²) in [5.74, 6) is 3.46. The first kappa shape index (κ1) is 21.9. The lowest BCUT2D eigenvalue weighted by atomic mass is 9.59. The molecule has 0 aromatic rings. The van der Waals surface area contributed by atoms with Gasteiger partial charge in [0, 0.05) is 13.1 Å². The molecular weight excluding hydrogens is 410 g/mol. The molecule has 33 heavy (non-hydrogen) atoms. The molecule has 0 radical (unpaired) electrons. The summed E-state index contributed by atoms with van der Waals surface area (Å²) in [4.78, 5) is 14.5. The SMILES string of the molecule is O=C(CN1CCOCC1)OCC1CCC2CCC3C(=C2C1)C=CC1=C2C=CCCC2CCC13. The van der Waals surface area contributed by atoms with E-state index < -0.39 is 0 Å². The number of rotatable bonds is 4. The fourth-order valence-electron chi connectivity index (χ4n) is 7.63. The molecule has 0 spiro atoms. The van der Waals surface area contributed by atoms with Crippen LogP contribution in [0.15, 0.2) is 46.6 Å². The fourth-order valence-corrected chi connectivity index (χ4v) is 7.63. The molecule has 0 N–H and O–H groups in total. The van der Waals surface area contributed by atoms with Crippen LogP contribution >= 0.6 is 0 Å². The summed E-state index contributed by atoms with van der Waals surface area (Å²) in [5.41, 5.74) is 6.71. The van der Waals surface area contributed by atoms with Crippen molar-refractivity contribution in [1.82, 2.24) is 4.90 Å². The fraction of sp³-hybridized carbons (Fsp3) is 0.690. The highest BCUT2D eigenvalue weighted by Crippen LogP contribution is 2.54. The normalized spacial score (nSPS) is 36.1. The van der Waals surface area contributed by atoms with Crippen LogP contribution in [-0.4, -0.2) is 50.3 Å². The topological polar surface area (TPSA) is 38.8 Å². The van der Waals surface area contributed by atoms with Crippen LogP contribution in [0, 0.1) is 29.6 Å². The van der Waals surface area contributed by atoms with Gasteiger partial charge in [0.2, 0.25) is 0 Å². The molecule has 0 bridgehead atoms. The predicted octanol–water partition coefficient (Wildman–Crippen LogP) is 5.23. The molecule has 4 heteroatoms. The van der Waals surface area contributed by atoms with Gasteiger partial charge in [-0.25, -0.2) is 0 Å². The molecule has 5 unspecified atom stereocenters. The van der Waals surface area contributed by atoms with Crippen LogP contribution in [0.1, 0.15) is 57.8 Å². The number of allylic oxidation sites excluding steroid dienone is 8. The van der Waals surface area contributed by atoms with Gasteiger partial charge in [-0.15, -0.1) is 0 Å². The number of carbonyl (C=O) groups excluding carboxylic acids is 1. The van der Waals surface area contributed by atoms with Gasteiger partial charge < -0.3 is 9.47 Å². The first-order valence-electron chi connectivity index (χ1n) is 13.5. The van der Waals surface area contributed by atoms with Gasteiger partial charge in [0.1, 0.15) is 0 Å². The van der Waals surface area contributed by atoms with Gasteiger partial charge in [0.05, 0.1) is 26.4 Å². The van der Waals surface area contributed by atoms with Gasteiger partial charge in [-0.2, -0.15) is 0 Å². The molecule has 0 amide bonds.